The highest BCUT2D eigenvalue weighted by atomic mass is 32.2. The van der Waals surface area contributed by atoms with Crippen LogP contribution in [-0.4, -0.2) is 67.7 Å². The van der Waals surface area contributed by atoms with Gasteiger partial charge < -0.3 is 20.4 Å². The van der Waals surface area contributed by atoms with Gasteiger partial charge in [0.1, 0.15) is 11.8 Å². The highest BCUT2D eigenvalue weighted by Gasteiger charge is 2.49. The van der Waals surface area contributed by atoms with Crippen LogP contribution in [-0.2, 0) is 16.0 Å². The van der Waals surface area contributed by atoms with Gasteiger partial charge in [-0.15, -0.1) is 11.8 Å². The minimum Gasteiger partial charge on any atom is -0.508 e. The van der Waals surface area contributed by atoms with E-state index < -0.39 is 59.6 Å². The fourth-order valence-corrected chi connectivity index (χ4v) is 5.65. The summed E-state index contributed by atoms with van der Waals surface area (Å²) in [4.78, 5) is 40.6. The van der Waals surface area contributed by atoms with Crippen LogP contribution in [0.2, 0.25) is 0 Å². The number of halogens is 3. The number of ketones is 1. The van der Waals surface area contributed by atoms with Crippen molar-refractivity contribution in [2.75, 3.05) is 5.88 Å². The Morgan fingerprint density at radius 1 is 1.13 bits per heavy atom. The van der Waals surface area contributed by atoms with Crippen molar-refractivity contribution in [3.05, 3.63) is 65.2 Å². The second-order valence-corrected chi connectivity index (χ2v) is 11.4. The van der Waals surface area contributed by atoms with E-state index in [4.69, 9.17) is 0 Å². The molecule has 7 nitrogen and oxygen atoms in total. The number of aliphatic hydroxyl groups excluding tert-OH is 1. The van der Waals surface area contributed by atoms with Gasteiger partial charge >= 0.3 is 6.18 Å². The Labute approximate surface area is 223 Å². The molecule has 0 spiro atoms. The fraction of sp³-hybridized carbons (Fsp3) is 0.444. The quantitative estimate of drug-likeness (QED) is 0.434. The van der Waals surface area contributed by atoms with Crippen molar-refractivity contribution in [2.45, 2.75) is 69.1 Å². The number of benzene rings is 2. The molecule has 1 aliphatic heterocycles. The lowest BCUT2D eigenvalue weighted by Crippen LogP contribution is -2.57. The maximum Gasteiger partial charge on any atom is 0.389 e. The first kappa shape index (κ1) is 29.5. The summed E-state index contributed by atoms with van der Waals surface area (Å²) < 4.78 is 37.5. The van der Waals surface area contributed by atoms with Crippen molar-refractivity contribution in [1.82, 2.24) is 10.2 Å². The minimum atomic E-state index is -4.52. The van der Waals surface area contributed by atoms with E-state index in [2.05, 4.69) is 5.32 Å². The first-order valence-electron chi connectivity index (χ1n) is 12.1. The molecule has 1 fully saturated rings. The van der Waals surface area contributed by atoms with Gasteiger partial charge in [-0.05, 0) is 44.9 Å². The normalized spacial score (nSPS) is 18.6. The third-order valence-corrected chi connectivity index (χ3v) is 7.96. The highest BCUT2D eigenvalue weighted by molar-refractivity contribution is 8.00. The number of aromatic hydroxyl groups is 1. The zero-order valence-corrected chi connectivity index (χ0v) is 22.1. The molecule has 38 heavy (non-hydrogen) atoms. The number of phenols is 1. The third kappa shape index (κ3) is 7.08. The number of carbonyl (C=O) groups excluding carboxylic acids is 3. The number of rotatable bonds is 9. The van der Waals surface area contributed by atoms with Crippen molar-refractivity contribution >= 4 is 29.4 Å². The van der Waals surface area contributed by atoms with Crippen LogP contribution in [0.25, 0.3) is 0 Å². The Balaban J connectivity index is 1.87. The second-order valence-electron chi connectivity index (χ2n) is 9.83. The molecule has 0 aliphatic carbocycles. The molecule has 0 aromatic heterocycles. The lowest BCUT2D eigenvalue weighted by atomic mass is 9.93. The van der Waals surface area contributed by atoms with Crippen molar-refractivity contribution in [1.29, 1.82) is 0 Å². The van der Waals surface area contributed by atoms with Crippen LogP contribution in [0, 0.1) is 6.92 Å². The van der Waals surface area contributed by atoms with Crippen LogP contribution in [0.4, 0.5) is 13.2 Å². The smallest absolute Gasteiger partial charge is 0.389 e. The fourth-order valence-electron chi connectivity index (χ4n) is 4.49. The number of alkyl halides is 3. The predicted octanol–water partition coefficient (Wildman–Crippen LogP) is 3.99. The average molecular weight is 553 g/mol. The Bertz CT molecular complexity index is 1170. The van der Waals surface area contributed by atoms with E-state index in [0.717, 1.165) is 4.90 Å². The number of aliphatic hydroxyl groups is 1. The molecule has 2 amide bonds. The summed E-state index contributed by atoms with van der Waals surface area (Å²) >= 11 is 1.23. The topological polar surface area (TPSA) is 107 Å². The van der Waals surface area contributed by atoms with E-state index in [1.807, 2.05) is 0 Å². The van der Waals surface area contributed by atoms with Gasteiger partial charge in [-0.25, -0.2) is 0 Å². The number of phenolic OH excluding ortho intramolecular Hbond substituents is 1. The molecular weight excluding hydrogens is 521 g/mol. The Morgan fingerprint density at radius 3 is 2.42 bits per heavy atom. The van der Waals surface area contributed by atoms with Crippen molar-refractivity contribution < 1.29 is 37.8 Å². The van der Waals surface area contributed by atoms with Gasteiger partial charge in [0.25, 0.3) is 11.8 Å². The van der Waals surface area contributed by atoms with Crippen LogP contribution in [0.1, 0.15) is 48.2 Å². The maximum atomic E-state index is 13.5. The molecule has 2 aromatic carbocycles. The summed E-state index contributed by atoms with van der Waals surface area (Å²) in [6, 6.07) is 10.9. The number of thioether (sulfide) groups is 1. The van der Waals surface area contributed by atoms with Gasteiger partial charge in [0, 0.05) is 22.3 Å². The number of carbonyl (C=O) groups is 3. The lowest BCUT2D eigenvalue weighted by molar-refractivity contribution is -0.151. The largest absolute Gasteiger partial charge is 0.508 e. The summed E-state index contributed by atoms with van der Waals surface area (Å²) in [5, 5.41) is 23.9. The molecule has 3 N–H and O–H groups in total. The zero-order valence-electron chi connectivity index (χ0n) is 21.3. The summed E-state index contributed by atoms with van der Waals surface area (Å²) in [5.74, 6) is -2.31. The molecule has 0 bridgehead atoms. The predicted molar refractivity (Wildman–Crippen MR) is 138 cm³/mol. The standard InChI is InChI=1S/C27H31F3N2O5S/c1-16-18(10-7-11-20(16)33)24(36)31-19(14-17-8-5-4-6-9-17)22(35)25(37)32-15-38-26(2,3)23(32)21(34)12-13-27(28,29)30/h4-11,19,22-23,33,35H,12-15H2,1-3H3,(H,31,36). The number of amides is 2. The molecule has 1 saturated heterocycles. The van der Waals surface area contributed by atoms with E-state index in [1.165, 1.54) is 30.0 Å². The Kier molecular flexibility index (Phi) is 9.14. The van der Waals surface area contributed by atoms with Crippen LogP contribution >= 0.6 is 11.8 Å². The lowest BCUT2D eigenvalue weighted by Gasteiger charge is -2.33. The molecular formula is C27H31F3N2O5S. The van der Waals surface area contributed by atoms with E-state index in [1.54, 1.807) is 51.1 Å². The average Bonchev–Trinajstić information content (AvgIpc) is 3.17. The maximum absolute atomic E-state index is 13.5. The molecule has 3 unspecified atom stereocenters. The first-order valence-corrected chi connectivity index (χ1v) is 13.0. The summed E-state index contributed by atoms with van der Waals surface area (Å²) in [7, 11) is 0. The van der Waals surface area contributed by atoms with Crippen LogP contribution < -0.4 is 5.32 Å². The molecule has 0 radical (unpaired) electrons. The van der Waals surface area contributed by atoms with E-state index in [9.17, 15) is 37.8 Å². The minimum absolute atomic E-state index is 0.00296. The molecule has 3 atom stereocenters. The van der Waals surface area contributed by atoms with Gasteiger partial charge in [0.05, 0.1) is 18.3 Å². The number of hydrogen-bond donors (Lipinski definition) is 3. The molecule has 1 aliphatic rings. The molecule has 1 heterocycles. The van der Waals surface area contributed by atoms with Gasteiger partial charge in [0.2, 0.25) is 0 Å². The number of hydrogen-bond acceptors (Lipinski definition) is 6. The highest BCUT2D eigenvalue weighted by Crippen LogP contribution is 2.41. The number of Topliss-reactive ketones (excluding diaryl/α,β-unsaturated/α-hetero) is 1. The number of nitrogens with zero attached hydrogens (tertiary/aromatic N) is 1. The van der Waals surface area contributed by atoms with Gasteiger partial charge in [-0.2, -0.15) is 13.2 Å². The van der Waals surface area contributed by atoms with Crippen LogP contribution in [0.3, 0.4) is 0 Å². The number of nitrogens with one attached hydrogen (secondary N) is 1. The molecule has 3 rings (SSSR count). The zero-order chi connectivity index (χ0) is 28.3. The first-order chi connectivity index (χ1) is 17.7. The summed E-state index contributed by atoms with van der Waals surface area (Å²) in [6.45, 7) is 4.89. The Hall–Kier alpha value is -3.05. The van der Waals surface area contributed by atoms with Gasteiger partial charge in [0.15, 0.2) is 11.9 Å². The van der Waals surface area contributed by atoms with Gasteiger partial charge in [-0.1, -0.05) is 36.4 Å². The van der Waals surface area contributed by atoms with E-state index >= 15 is 0 Å². The molecule has 2 aromatic rings. The molecule has 206 valence electrons. The van der Waals surface area contributed by atoms with Crippen LogP contribution in [0.15, 0.2) is 48.5 Å². The molecule has 11 heteroatoms. The SMILES string of the molecule is Cc1c(O)cccc1C(=O)NC(Cc1ccccc1)C(O)C(=O)N1CSC(C)(C)C1C(=O)CCC(F)(F)F. The third-order valence-electron chi connectivity index (χ3n) is 6.59. The van der Waals surface area contributed by atoms with Gasteiger partial charge in [-0.3, -0.25) is 14.4 Å². The van der Waals surface area contributed by atoms with E-state index in [-0.39, 0.29) is 23.6 Å². The van der Waals surface area contributed by atoms with Crippen molar-refractivity contribution in [3.8, 4) is 5.75 Å². The second kappa shape index (κ2) is 11.8. The van der Waals surface area contributed by atoms with Crippen molar-refractivity contribution in [2.24, 2.45) is 0 Å². The summed E-state index contributed by atoms with van der Waals surface area (Å²) in [6.07, 6.45) is -8.32. The Morgan fingerprint density at radius 2 is 1.79 bits per heavy atom. The summed E-state index contributed by atoms with van der Waals surface area (Å²) in [5.41, 5.74) is 1.18. The molecule has 0 saturated carbocycles. The van der Waals surface area contributed by atoms with E-state index in [0.29, 0.717) is 11.1 Å². The monoisotopic (exact) mass is 552 g/mol. The van der Waals surface area contributed by atoms with Crippen LogP contribution in [0.5, 0.6) is 5.75 Å². The van der Waals surface area contributed by atoms with Crippen molar-refractivity contribution in [3.63, 3.8) is 0 Å².